The van der Waals surface area contributed by atoms with Crippen LogP contribution in [0.25, 0.3) is 0 Å². The molecule has 0 aromatic rings. The first-order chi connectivity index (χ1) is 6.64. The molecule has 3 unspecified atom stereocenters. The van der Waals surface area contributed by atoms with E-state index < -0.39 is 0 Å². The summed E-state index contributed by atoms with van der Waals surface area (Å²) >= 11 is 0. The van der Waals surface area contributed by atoms with E-state index in [1.807, 2.05) is 0 Å². The van der Waals surface area contributed by atoms with Crippen molar-refractivity contribution < 1.29 is 0 Å². The highest BCUT2D eigenvalue weighted by atomic mass is 14.7. The Morgan fingerprint density at radius 1 is 0.933 bits per heavy atom. The molecule has 2 bridgehead atoms. The molecule has 0 amide bonds. The first-order valence-electron chi connectivity index (χ1n) is 6.64. The zero-order valence-electron chi connectivity index (χ0n) is 11.6. The van der Waals surface area contributed by atoms with Crippen molar-refractivity contribution in [3.63, 3.8) is 0 Å². The lowest BCUT2D eigenvalue weighted by atomic mass is 9.50. The molecule has 0 radical (unpaired) electrons. The third-order valence-electron chi connectivity index (χ3n) is 6.87. The molecule has 2 aliphatic carbocycles. The van der Waals surface area contributed by atoms with Gasteiger partial charge in [-0.1, -0.05) is 48.5 Å². The Morgan fingerprint density at radius 2 is 1.47 bits per heavy atom. The molecule has 3 atom stereocenters. The third-order valence-corrected chi connectivity index (χ3v) is 6.87. The van der Waals surface area contributed by atoms with E-state index in [1.165, 1.54) is 12.8 Å². The number of fused-ring (bicyclic) bond motifs is 2. The van der Waals surface area contributed by atoms with Gasteiger partial charge in [0.05, 0.1) is 0 Å². The molecule has 2 fully saturated rings. The molecule has 0 nitrogen and oxygen atoms in total. The van der Waals surface area contributed by atoms with E-state index in [9.17, 15) is 0 Å². The Morgan fingerprint density at radius 3 is 1.80 bits per heavy atom. The third kappa shape index (κ3) is 1.14. The highest BCUT2D eigenvalue weighted by Crippen LogP contribution is 2.73. The smallest absolute Gasteiger partial charge is 0.0266 e. The Bertz CT molecular complexity index is 267. The van der Waals surface area contributed by atoms with Crippen LogP contribution in [0.2, 0.25) is 0 Å². The second kappa shape index (κ2) is 2.81. The van der Waals surface area contributed by atoms with Crippen molar-refractivity contribution >= 4 is 0 Å². The summed E-state index contributed by atoms with van der Waals surface area (Å²) in [5, 5.41) is 0. The topological polar surface area (TPSA) is 0 Å². The van der Waals surface area contributed by atoms with Gasteiger partial charge in [-0.25, -0.2) is 0 Å². The van der Waals surface area contributed by atoms with Gasteiger partial charge in [-0.2, -0.15) is 0 Å². The molecule has 2 aliphatic rings. The van der Waals surface area contributed by atoms with E-state index in [2.05, 4.69) is 48.5 Å². The summed E-state index contributed by atoms with van der Waals surface area (Å²) in [6.45, 7) is 17.4. The van der Waals surface area contributed by atoms with Crippen molar-refractivity contribution in [2.45, 2.75) is 61.3 Å². The summed E-state index contributed by atoms with van der Waals surface area (Å²) in [6, 6.07) is 0. The molecule has 2 saturated carbocycles. The second-order valence-electron chi connectivity index (χ2n) is 7.79. The first kappa shape index (κ1) is 11.5. The molecule has 0 heteroatoms. The zero-order valence-corrected chi connectivity index (χ0v) is 11.6. The Hall–Kier alpha value is 0. The molecule has 0 N–H and O–H groups in total. The standard InChI is InChI=1S/C15H28/c1-10(2)15(7)9-11-8-12(15)14(5,6)13(11,3)4/h10-12H,8-9H2,1-7H3. The average molecular weight is 208 g/mol. The minimum Gasteiger partial charge on any atom is -0.0622 e. The molecule has 0 heterocycles. The van der Waals surface area contributed by atoms with Crippen molar-refractivity contribution in [3.8, 4) is 0 Å². The van der Waals surface area contributed by atoms with E-state index in [0.29, 0.717) is 16.2 Å². The van der Waals surface area contributed by atoms with E-state index >= 15 is 0 Å². The molecule has 0 aliphatic heterocycles. The molecule has 2 rings (SSSR count). The van der Waals surface area contributed by atoms with Crippen LogP contribution in [0.5, 0.6) is 0 Å². The van der Waals surface area contributed by atoms with E-state index in [4.69, 9.17) is 0 Å². The molecular weight excluding hydrogens is 180 g/mol. The van der Waals surface area contributed by atoms with Gasteiger partial charge in [0, 0.05) is 0 Å². The average Bonchev–Trinajstić information content (AvgIpc) is 2.50. The van der Waals surface area contributed by atoms with Crippen LogP contribution < -0.4 is 0 Å². The van der Waals surface area contributed by atoms with Gasteiger partial charge in [-0.05, 0) is 46.8 Å². The molecule has 0 aromatic heterocycles. The van der Waals surface area contributed by atoms with Gasteiger partial charge in [0.1, 0.15) is 0 Å². The maximum atomic E-state index is 2.54. The van der Waals surface area contributed by atoms with E-state index in [-0.39, 0.29) is 0 Å². The van der Waals surface area contributed by atoms with Crippen LogP contribution in [0.4, 0.5) is 0 Å². The Labute approximate surface area is 95.8 Å². The number of hydrogen-bond donors (Lipinski definition) is 0. The van der Waals surface area contributed by atoms with Crippen LogP contribution in [-0.2, 0) is 0 Å². The van der Waals surface area contributed by atoms with Gasteiger partial charge in [-0.15, -0.1) is 0 Å². The molecular formula is C15H28. The maximum Gasteiger partial charge on any atom is -0.0266 e. The van der Waals surface area contributed by atoms with Gasteiger partial charge in [0.2, 0.25) is 0 Å². The van der Waals surface area contributed by atoms with Crippen molar-refractivity contribution in [1.29, 1.82) is 0 Å². The van der Waals surface area contributed by atoms with Crippen molar-refractivity contribution in [1.82, 2.24) is 0 Å². The fourth-order valence-electron chi connectivity index (χ4n) is 4.59. The van der Waals surface area contributed by atoms with Crippen LogP contribution >= 0.6 is 0 Å². The minimum absolute atomic E-state index is 0.523. The number of rotatable bonds is 1. The van der Waals surface area contributed by atoms with Crippen LogP contribution in [0.15, 0.2) is 0 Å². The van der Waals surface area contributed by atoms with E-state index in [1.54, 1.807) is 0 Å². The van der Waals surface area contributed by atoms with Gasteiger partial charge >= 0.3 is 0 Å². The predicted octanol–water partition coefficient (Wildman–Crippen LogP) is 4.74. The van der Waals surface area contributed by atoms with Crippen LogP contribution in [0.1, 0.15) is 61.3 Å². The van der Waals surface area contributed by atoms with Gasteiger partial charge < -0.3 is 0 Å². The minimum atomic E-state index is 0.523. The molecule has 0 spiro atoms. The summed E-state index contributed by atoms with van der Waals surface area (Å²) in [5.74, 6) is 2.73. The van der Waals surface area contributed by atoms with Crippen LogP contribution in [-0.4, -0.2) is 0 Å². The largest absolute Gasteiger partial charge is 0.0622 e. The monoisotopic (exact) mass is 208 g/mol. The molecule has 15 heavy (non-hydrogen) atoms. The normalized spacial score (nSPS) is 46.4. The van der Waals surface area contributed by atoms with Crippen molar-refractivity contribution in [3.05, 3.63) is 0 Å². The summed E-state index contributed by atoms with van der Waals surface area (Å²) in [7, 11) is 0. The SMILES string of the molecule is CC(C)C1(C)CC2CC1C(C)(C)C2(C)C. The van der Waals surface area contributed by atoms with Crippen molar-refractivity contribution in [2.24, 2.45) is 34.0 Å². The molecule has 0 saturated heterocycles. The molecule has 88 valence electrons. The second-order valence-corrected chi connectivity index (χ2v) is 7.79. The fourth-order valence-corrected chi connectivity index (χ4v) is 4.59. The maximum absolute atomic E-state index is 2.54. The lowest BCUT2D eigenvalue weighted by Gasteiger charge is -2.54. The fraction of sp³-hybridized carbons (Fsp3) is 1.00. The summed E-state index contributed by atoms with van der Waals surface area (Å²) < 4.78 is 0. The van der Waals surface area contributed by atoms with Gasteiger partial charge in [0.15, 0.2) is 0 Å². The summed E-state index contributed by atoms with van der Waals surface area (Å²) in [6.07, 6.45) is 2.94. The highest BCUT2D eigenvalue weighted by molar-refractivity contribution is 5.14. The van der Waals surface area contributed by atoms with E-state index in [0.717, 1.165) is 17.8 Å². The van der Waals surface area contributed by atoms with Crippen molar-refractivity contribution in [2.75, 3.05) is 0 Å². The quantitative estimate of drug-likeness (QED) is 0.584. The summed E-state index contributed by atoms with van der Waals surface area (Å²) in [4.78, 5) is 0. The van der Waals surface area contributed by atoms with Crippen LogP contribution in [0, 0.1) is 34.0 Å². The summed E-state index contributed by atoms with van der Waals surface area (Å²) in [5.41, 5.74) is 1.67. The van der Waals surface area contributed by atoms with Gasteiger partial charge in [0.25, 0.3) is 0 Å². The lowest BCUT2D eigenvalue weighted by molar-refractivity contribution is -0.0574. The number of hydrogen-bond acceptors (Lipinski definition) is 0. The highest BCUT2D eigenvalue weighted by Gasteiger charge is 2.65. The lowest BCUT2D eigenvalue weighted by Crippen LogP contribution is -2.47. The zero-order chi connectivity index (χ0) is 11.6. The molecule has 0 aromatic carbocycles. The first-order valence-corrected chi connectivity index (χ1v) is 6.64. The Kier molecular flexibility index (Phi) is 2.15. The predicted molar refractivity (Wildman–Crippen MR) is 66.7 cm³/mol. The van der Waals surface area contributed by atoms with Crippen LogP contribution in [0.3, 0.4) is 0 Å². The van der Waals surface area contributed by atoms with Gasteiger partial charge in [-0.3, -0.25) is 0 Å². The Balaban J connectivity index is 2.39.